The molecule has 0 spiro atoms. The highest BCUT2D eigenvalue weighted by Gasteiger charge is 2.13. The van der Waals surface area contributed by atoms with E-state index in [1.807, 2.05) is 13.8 Å². The maximum atomic E-state index is 11.9. The van der Waals surface area contributed by atoms with Gasteiger partial charge < -0.3 is 10.1 Å². The fourth-order valence-electron chi connectivity index (χ4n) is 1.71. The van der Waals surface area contributed by atoms with Crippen LogP contribution >= 0.6 is 12.4 Å². The normalized spacial score (nSPS) is 12.6. The highest BCUT2D eigenvalue weighted by molar-refractivity contribution is 7.88. The summed E-state index contributed by atoms with van der Waals surface area (Å²) in [5.41, 5.74) is 0.711. The third-order valence-corrected chi connectivity index (χ3v) is 3.97. The van der Waals surface area contributed by atoms with Crippen molar-refractivity contribution in [2.24, 2.45) is 0 Å². The van der Waals surface area contributed by atoms with Crippen LogP contribution in [0.4, 0.5) is 0 Å². The van der Waals surface area contributed by atoms with Crippen LogP contribution in [0.3, 0.4) is 0 Å². The Bertz CT molecular complexity index is 494. The predicted molar refractivity (Wildman–Crippen MR) is 84.0 cm³/mol. The van der Waals surface area contributed by atoms with Gasteiger partial charge in [-0.05, 0) is 31.2 Å². The van der Waals surface area contributed by atoms with Crippen LogP contribution in [-0.2, 0) is 15.8 Å². The number of nitrogens with one attached hydrogen (secondary N) is 2. The molecule has 0 amide bonds. The van der Waals surface area contributed by atoms with E-state index in [9.17, 15) is 8.42 Å². The van der Waals surface area contributed by atoms with Gasteiger partial charge in [-0.3, -0.25) is 0 Å². The summed E-state index contributed by atoms with van der Waals surface area (Å²) < 4.78 is 31.5. The Balaban J connectivity index is 0.00000361. The molecule has 1 aromatic carbocycles. The maximum absolute atomic E-state index is 11.9. The van der Waals surface area contributed by atoms with E-state index in [-0.39, 0.29) is 24.2 Å². The molecule has 116 valence electrons. The molecule has 0 unspecified atom stereocenters. The largest absolute Gasteiger partial charge is 0.497 e. The summed E-state index contributed by atoms with van der Waals surface area (Å²) in [5, 5.41) is 3.15. The van der Waals surface area contributed by atoms with E-state index in [0.29, 0.717) is 17.9 Å². The fraction of sp³-hybridized carbons (Fsp3) is 0.538. The maximum Gasteiger partial charge on any atom is 0.215 e. The minimum atomic E-state index is -3.32. The lowest BCUT2D eigenvalue weighted by Gasteiger charge is -2.13. The predicted octanol–water partition coefficient (Wildman–Crippen LogP) is 1.53. The number of halogens is 1. The number of ether oxygens (including phenoxy) is 1. The van der Waals surface area contributed by atoms with Crippen molar-refractivity contribution < 1.29 is 13.2 Å². The quantitative estimate of drug-likeness (QED) is 0.762. The Morgan fingerprint density at radius 2 is 2.05 bits per heavy atom. The molecule has 0 radical (unpaired) electrons. The van der Waals surface area contributed by atoms with Gasteiger partial charge in [0.25, 0.3) is 0 Å². The van der Waals surface area contributed by atoms with E-state index in [0.717, 1.165) is 6.54 Å². The molecule has 0 aromatic heterocycles. The molecular formula is C13H23ClN2O3S. The summed E-state index contributed by atoms with van der Waals surface area (Å²) in [7, 11) is -1.76. The van der Waals surface area contributed by atoms with Gasteiger partial charge in [-0.25, -0.2) is 13.1 Å². The van der Waals surface area contributed by atoms with Gasteiger partial charge in [0.05, 0.1) is 12.9 Å². The zero-order valence-electron chi connectivity index (χ0n) is 12.0. The molecule has 7 heteroatoms. The van der Waals surface area contributed by atoms with Crippen molar-refractivity contribution in [1.29, 1.82) is 0 Å². The topological polar surface area (TPSA) is 67.4 Å². The molecule has 0 saturated carbocycles. The number of likely N-dealkylation sites (N-methyl/N-ethyl adjacent to an activating group) is 1. The van der Waals surface area contributed by atoms with Crippen molar-refractivity contribution in [3.63, 3.8) is 0 Å². The van der Waals surface area contributed by atoms with Crippen LogP contribution < -0.4 is 14.8 Å². The summed E-state index contributed by atoms with van der Waals surface area (Å²) in [5.74, 6) is 0.622. The summed E-state index contributed by atoms with van der Waals surface area (Å²) in [6, 6.07) is 7.19. The Morgan fingerprint density at radius 1 is 1.35 bits per heavy atom. The Hall–Kier alpha value is -0.820. The van der Waals surface area contributed by atoms with E-state index in [4.69, 9.17) is 4.74 Å². The second kappa shape index (κ2) is 9.18. The monoisotopic (exact) mass is 322 g/mol. The van der Waals surface area contributed by atoms with Gasteiger partial charge in [0.1, 0.15) is 5.75 Å². The summed E-state index contributed by atoms with van der Waals surface area (Å²) in [6.45, 7) is 5.14. The average Bonchev–Trinajstić information content (AvgIpc) is 2.37. The lowest BCUT2D eigenvalue weighted by Crippen LogP contribution is -2.39. The SMILES string of the molecule is CCN[C@H](C)CNS(=O)(=O)Cc1cccc(OC)c1.Cl. The highest BCUT2D eigenvalue weighted by atomic mass is 35.5. The van der Waals surface area contributed by atoms with Gasteiger partial charge in [0, 0.05) is 12.6 Å². The number of benzene rings is 1. The molecule has 2 N–H and O–H groups in total. The molecule has 0 aliphatic rings. The number of methoxy groups -OCH3 is 1. The zero-order chi connectivity index (χ0) is 14.3. The Kier molecular flexibility index (Phi) is 8.80. The first kappa shape index (κ1) is 19.2. The van der Waals surface area contributed by atoms with Crippen LogP contribution in [0.2, 0.25) is 0 Å². The molecule has 0 fully saturated rings. The molecule has 0 saturated heterocycles. The van der Waals surface area contributed by atoms with Crippen LogP contribution in [-0.4, -0.2) is 34.7 Å². The zero-order valence-corrected chi connectivity index (χ0v) is 13.7. The highest BCUT2D eigenvalue weighted by Crippen LogP contribution is 2.14. The smallest absolute Gasteiger partial charge is 0.215 e. The lowest BCUT2D eigenvalue weighted by molar-refractivity contribution is 0.414. The van der Waals surface area contributed by atoms with Crippen molar-refractivity contribution in [3.8, 4) is 5.75 Å². The van der Waals surface area contributed by atoms with Gasteiger partial charge in [-0.1, -0.05) is 19.1 Å². The summed E-state index contributed by atoms with van der Waals surface area (Å²) in [4.78, 5) is 0. The molecule has 0 heterocycles. The van der Waals surface area contributed by atoms with Crippen molar-refractivity contribution in [3.05, 3.63) is 29.8 Å². The first-order valence-electron chi connectivity index (χ1n) is 6.30. The van der Waals surface area contributed by atoms with Crippen LogP contribution in [0.1, 0.15) is 19.4 Å². The third-order valence-electron chi connectivity index (χ3n) is 2.65. The first-order chi connectivity index (χ1) is 8.96. The number of rotatable bonds is 8. The van der Waals surface area contributed by atoms with Crippen LogP contribution in [0.5, 0.6) is 5.75 Å². The van der Waals surface area contributed by atoms with Crippen molar-refractivity contribution in [1.82, 2.24) is 10.0 Å². The molecule has 0 aliphatic heterocycles. The second-order valence-electron chi connectivity index (χ2n) is 4.42. The fourth-order valence-corrected chi connectivity index (χ4v) is 2.93. The van der Waals surface area contributed by atoms with Crippen LogP contribution in [0, 0.1) is 0 Å². The van der Waals surface area contributed by atoms with Gasteiger partial charge in [0.2, 0.25) is 10.0 Å². The molecule has 0 aliphatic carbocycles. The molecule has 1 rings (SSSR count). The molecule has 5 nitrogen and oxygen atoms in total. The van der Waals surface area contributed by atoms with Gasteiger partial charge in [-0.15, -0.1) is 12.4 Å². The van der Waals surface area contributed by atoms with Gasteiger partial charge in [0.15, 0.2) is 0 Å². The van der Waals surface area contributed by atoms with Crippen LogP contribution in [0.25, 0.3) is 0 Å². The second-order valence-corrected chi connectivity index (χ2v) is 6.22. The van der Waals surface area contributed by atoms with Gasteiger partial charge in [-0.2, -0.15) is 0 Å². The Morgan fingerprint density at radius 3 is 2.65 bits per heavy atom. The standard InChI is InChI=1S/C13H22N2O3S.ClH/c1-4-14-11(2)9-15-19(16,17)10-12-6-5-7-13(8-12)18-3;/h5-8,11,14-15H,4,9-10H2,1-3H3;1H/t11-;/m1./s1. The molecule has 1 aromatic rings. The third kappa shape index (κ3) is 7.09. The van der Waals surface area contributed by atoms with E-state index >= 15 is 0 Å². The number of hydrogen-bond acceptors (Lipinski definition) is 4. The van der Waals surface area contributed by atoms with Crippen molar-refractivity contribution in [2.45, 2.75) is 25.6 Å². The molecular weight excluding hydrogens is 300 g/mol. The lowest BCUT2D eigenvalue weighted by atomic mass is 10.2. The van der Waals surface area contributed by atoms with E-state index in [1.54, 1.807) is 31.4 Å². The molecule has 20 heavy (non-hydrogen) atoms. The van der Waals surface area contributed by atoms with E-state index < -0.39 is 10.0 Å². The average molecular weight is 323 g/mol. The minimum absolute atomic E-state index is 0. The van der Waals surface area contributed by atoms with Gasteiger partial charge >= 0.3 is 0 Å². The van der Waals surface area contributed by atoms with E-state index in [1.165, 1.54) is 0 Å². The number of sulfonamides is 1. The van der Waals surface area contributed by atoms with Crippen molar-refractivity contribution in [2.75, 3.05) is 20.2 Å². The van der Waals surface area contributed by atoms with Crippen molar-refractivity contribution >= 4 is 22.4 Å². The molecule has 1 atom stereocenters. The van der Waals surface area contributed by atoms with E-state index in [2.05, 4.69) is 10.0 Å². The summed E-state index contributed by atoms with van der Waals surface area (Å²) in [6.07, 6.45) is 0. The minimum Gasteiger partial charge on any atom is -0.497 e. The Labute approximate surface area is 127 Å². The first-order valence-corrected chi connectivity index (χ1v) is 7.95. The number of hydrogen-bond donors (Lipinski definition) is 2. The van der Waals surface area contributed by atoms with Crippen LogP contribution in [0.15, 0.2) is 24.3 Å². The summed E-state index contributed by atoms with van der Waals surface area (Å²) >= 11 is 0. The molecule has 0 bridgehead atoms.